The number of nitrogens with one attached hydrogen (secondary N) is 1. The molecule has 3 N–H and O–H groups in total. The summed E-state index contributed by atoms with van der Waals surface area (Å²) in [4.78, 5) is 10.8. The minimum Gasteiger partial charge on any atom is -0.368 e. The van der Waals surface area contributed by atoms with E-state index in [0.29, 0.717) is 12.0 Å². The Morgan fingerprint density at radius 3 is 3.22 bits per heavy atom. The number of anilines is 2. The molecule has 7 nitrogen and oxygen atoms in total. The molecule has 0 spiro atoms. The van der Waals surface area contributed by atoms with Crippen molar-refractivity contribution in [3.05, 3.63) is 12.3 Å². The van der Waals surface area contributed by atoms with Crippen LogP contribution in [0.5, 0.6) is 0 Å². The number of aromatic nitrogens is 4. The Labute approximate surface area is 105 Å². The molecular weight excluding hydrogens is 230 g/mol. The molecule has 1 aliphatic heterocycles. The van der Waals surface area contributed by atoms with Gasteiger partial charge >= 0.3 is 0 Å². The molecule has 0 bridgehead atoms. The van der Waals surface area contributed by atoms with Crippen LogP contribution in [0.15, 0.2) is 12.3 Å². The minimum atomic E-state index is 0.298. The molecule has 96 valence electrons. The summed E-state index contributed by atoms with van der Waals surface area (Å²) in [5.41, 5.74) is 6.51. The van der Waals surface area contributed by atoms with Crippen LogP contribution in [0.1, 0.15) is 13.3 Å². The molecule has 2 aromatic heterocycles. The molecule has 2 aromatic rings. The summed E-state index contributed by atoms with van der Waals surface area (Å²) < 4.78 is 1.75. The molecule has 0 unspecified atom stereocenters. The largest absolute Gasteiger partial charge is 0.368 e. The third kappa shape index (κ3) is 1.76. The SMILES string of the molecule is CC[C@H]1CNCCN1c1nc(N)nc2ccnn12. The zero-order chi connectivity index (χ0) is 12.5. The third-order valence-corrected chi connectivity index (χ3v) is 3.33. The maximum Gasteiger partial charge on any atom is 0.232 e. The van der Waals surface area contributed by atoms with Crippen LogP contribution in [0.4, 0.5) is 11.9 Å². The average molecular weight is 247 g/mol. The lowest BCUT2D eigenvalue weighted by Gasteiger charge is -2.36. The number of piperazine rings is 1. The number of nitrogen functional groups attached to an aromatic ring is 1. The van der Waals surface area contributed by atoms with Crippen molar-refractivity contribution in [3.8, 4) is 0 Å². The highest BCUT2D eigenvalue weighted by atomic mass is 15.4. The van der Waals surface area contributed by atoms with Crippen molar-refractivity contribution in [1.29, 1.82) is 0 Å². The van der Waals surface area contributed by atoms with Gasteiger partial charge in [-0.1, -0.05) is 6.92 Å². The van der Waals surface area contributed by atoms with Gasteiger partial charge in [-0.15, -0.1) is 0 Å². The van der Waals surface area contributed by atoms with E-state index in [1.807, 2.05) is 6.07 Å². The monoisotopic (exact) mass is 247 g/mol. The van der Waals surface area contributed by atoms with Gasteiger partial charge in [0.05, 0.1) is 6.20 Å². The molecule has 1 fully saturated rings. The summed E-state index contributed by atoms with van der Waals surface area (Å²) >= 11 is 0. The number of hydrogen-bond donors (Lipinski definition) is 2. The molecule has 0 saturated carbocycles. The van der Waals surface area contributed by atoms with E-state index in [1.54, 1.807) is 10.7 Å². The molecule has 0 aromatic carbocycles. The van der Waals surface area contributed by atoms with E-state index in [1.165, 1.54) is 0 Å². The average Bonchev–Trinajstić information content (AvgIpc) is 2.85. The highest BCUT2D eigenvalue weighted by Gasteiger charge is 2.24. The van der Waals surface area contributed by atoms with Crippen LogP contribution >= 0.6 is 0 Å². The molecule has 3 rings (SSSR count). The van der Waals surface area contributed by atoms with E-state index in [-0.39, 0.29) is 0 Å². The van der Waals surface area contributed by atoms with Crippen LogP contribution in [0.3, 0.4) is 0 Å². The fourth-order valence-electron chi connectivity index (χ4n) is 2.40. The van der Waals surface area contributed by atoms with E-state index in [2.05, 4.69) is 32.2 Å². The summed E-state index contributed by atoms with van der Waals surface area (Å²) in [5.74, 6) is 1.09. The van der Waals surface area contributed by atoms with Crippen molar-refractivity contribution in [2.24, 2.45) is 0 Å². The molecule has 0 aliphatic carbocycles. The first-order valence-electron chi connectivity index (χ1n) is 6.24. The Morgan fingerprint density at radius 2 is 2.39 bits per heavy atom. The molecular formula is C11H17N7. The Bertz CT molecular complexity index is 549. The zero-order valence-electron chi connectivity index (χ0n) is 10.4. The second kappa shape index (κ2) is 4.41. The Hall–Kier alpha value is -1.89. The summed E-state index contributed by atoms with van der Waals surface area (Å²) in [6, 6.07) is 2.26. The van der Waals surface area contributed by atoms with Gasteiger partial charge in [0.25, 0.3) is 0 Å². The predicted octanol–water partition coefficient (Wildman–Crippen LogP) is -0.105. The van der Waals surface area contributed by atoms with Crippen molar-refractivity contribution < 1.29 is 0 Å². The maximum absolute atomic E-state index is 5.77. The van der Waals surface area contributed by atoms with Crippen molar-refractivity contribution >= 4 is 17.5 Å². The highest BCUT2D eigenvalue weighted by molar-refractivity contribution is 5.49. The first-order valence-corrected chi connectivity index (χ1v) is 6.24. The van der Waals surface area contributed by atoms with Gasteiger partial charge in [0, 0.05) is 31.7 Å². The van der Waals surface area contributed by atoms with E-state index >= 15 is 0 Å². The van der Waals surface area contributed by atoms with E-state index in [4.69, 9.17) is 5.73 Å². The number of fused-ring (bicyclic) bond motifs is 1. The fraction of sp³-hybridized carbons (Fsp3) is 0.545. The minimum absolute atomic E-state index is 0.298. The lowest BCUT2D eigenvalue weighted by Crippen LogP contribution is -2.52. The predicted molar refractivity (Wildman–Crippen MR) is 69.5 cm³/mol. The van der Waals surface area contributed by atoms with Gasteiger partial charge in [-0.3, -0.25) is 0 Å². The maximum atomic E-state index is 5.77. The Morgan fingerprint density at radius 1 is 1.50 bits per heavy atom. The van der Waals surface area contributed by atoms with Gasteiger partial charge in [0.1, 0.15) is 0 Å². The molecule has 0 radical (unpaired) electrons. The van der Waals surface area contributed by atoms with Crippen LogP contribution < -0.4 is 16.0 Å². The highest BCUT2D eigenvalue weighted by Crippen LogP contribution is 2.19. The fourth-order valence-corrected chi connectivity index (χ4v) is 2.40. The number of nitrogens with two attached hydrogens (primary N) is 1. The Kier molecular flexibility index (Phi) is 2.75. The Balaban J connectivity index is 2.08. The smallest absolute Gasteiger partial charge is 0.232 e. The van der Waals surface area contributed by atoms with E-state index in [9.17, 15) is 0 Å². The standard InChI is InChI=1S/C11H17N7/c1-2-8-7-13-5-6-17(8)11-16-10(12)15-9-3-4-14-18(9)11/h3-4,8,13H,2,5-7H2,1H3,(H2,12,15)/t8-/m0/s1. The van der Waals surface area contributed by atoms with Crippen molar-refractivity contribution in [1.82, 2.24) is 24.9 Å². The molecule has 18 heavy (non-hydrogen) atoms. The van der Waals surface area contributed by atoms with Gasteiger partial charge in [-0.25, -0.2) is 0 Å². The van der Waals surface area contributed by atoms with Crippen molar-refractivity contribution in [2.45, 2.75) is 19.4 Å². The lowest BCUT2D eigenvalue weighted by atomic mass is 10.1. The summed E-state index contributed by atoms with van der Waals surface area (Å²) in [5, 5.41) is 7.67. The van der Waals surface area contributed by atoms with E-state index in [0.717, 1.165) is 37.7 Å². The van der Waals surface area contributed by atoms with Crippen LogP contribution in [0.25, 0.3) is 5.65 Å². The van der Waals surface area contributed by atoms with Crippen LogP contribution in [-0.2, 0) is 0 Å². The summed E-state index contributed by atoms with van der Waals surface area (Å²) in [6.45, 7) is 4.99. The first-order chi connectivity index (χ1) is 8.79. The molecule has 1 atom stereocenters. The molecule has 1 saturated heterocycles. The molecule has 7 heteroatoms. The van der Waals surface area contributed by atoms with E-state index < -0.39 is 0 Å². The summed E-state index contributed by atoms with van der Waals surface area (Å²) in [7, 11) is 0. The topological polar surface area (TPSA) is 84.4 Å². The second-order valence-corrected chi connectivity index (χ2v) is 4.44. The van der Waals surface area contributed by atoms with Crippen molar-refractivity contribution in [2.75, 3.05) is 30.3 Å². The van der Waals surface area contributed by atoms with Gasteiger partial charge < -0.3 is 16.0 Å². The first kappa shape index (κ1) is 11.2. The summed E-state index contributed by atoms with van der Waals surface area (Å²) in [6.07, 6.45) is 2.77. The number of hydrogen-bond acceptors (Lipinski definition) is 6. The molecule has 0 amide bonds. The van der Waals surface area contributed by atoms with Gasteiger partial charge in [0.2, 0.25) is 11.9 Å². The molecule has 1 aliphatic rings. The van der Waals surface area contributed by atoms with Crippen LogP contribution in [-0.4, -0.2) is 45.3 Å². The van der Waals surface area contributed by atoms with Crippen LogP contribution in [0.2, 0.25) is 0 Å². The van der Waals surface area contributed by atoms with Gasteiger partial charge in [-0.05, 0) is 6.42 Å². The van der Waals surface area contributed by atoms with Crippen LogP contribution in [0, 0.1) is 0 Å². The quantitative estimate of drug-likeness (QED) is 0.770. The zero-order valence-corrected chi connectivity index (χ0v) is 10.4. The number of rotatable bonds is 2. The lowest BCUT2D eigenvalue weighted by molar-refractivity contribution is 0.456. The third-order valence-electron chi connectivity index (χ3n) is 3.33. The normalized spacial score (nSPS) is 20.5. The second-order valence-electron chi connectivity index (χ2n) is 4.44. The van der Waals surface area contributed by atoms with Gasteiger partial charge in [0.15, 0.2) is 5.65 Å². The van der Waals surface area contributed by atoms with Gasteiger partial charge in [-0.2, -0.15) is 19.6 Å². The van der Waals surface area contributed by atoms with Crippen molar-refractivity contribution in [3.63, 3.8) is 0 Å². The number of nitrogens with zero attached hydrogens (tertiary/aromatic N) is 5. The molecule has 3 heterocycles.